The van der Waals surface area contributed by atoms with E-state index in [1.54, 1.807) is 6.33 Å². The van der Waals surface area contributed by atoms with Gasteiger partial charge in [0.2, 0.25) is 5.91 Å². The average Bonchev–Trinajstić information content (AvgIpc) is 3.15. The molecule has 0 aromatic carbocycles. The van der Waals surface area contributed by atoms with Crippen molar-refractivity contribution < 1.29 is 9.53 Å². The van der Waals surface area contributed by atoms with Crippen molar-refractivity contribution in [1.82, 2.24) is 20.2 Å². The number of amides is 1. The minimum Gasteiger partial charge on any atom is -0.378 e. The van der Waals surface area contributed by atoms with Crippen LogP contribution in [0.15, 0.2) is 12.4 Å². The number of nitrogens with zero attached hydrogens (tertiary/aromatic N) is 4. The smallest absolute Gasteiger partial charge is 0.239 e. The maximum atomic E-state index is 12.5. The fraction of sp³-hybridized carbons (Fsp3) is 0.706. The van der Waals surface area contributed by atoms with E-state index in [-0.39, 0.29) is 11.9 Å². The zero-order valence-corrected chi connectivity index (χ0v) is 15.1. The summed E-state index contributed by atoms with van der Waals surface area (Å²) in [6, 6.07) is 2.14. The number of anilines is 2. The van der Waals surface area contributed by atoms with Gasteiger partial charge in [-0.2, -0.15) is 0 Å². The number of nitrogens with one attached hydrogen (secondary N) is 2. The van der Waals surface area contributed by atoms with Crippen LogP contribution in [-0.2, 0) is 9.53 Å². The quantitative estimate of drug-likeness (QED) is 0.766. The highest BCUT2D eigenvalue weighted by molar-refractivity contribution is 5.81. The Morgan fingerprint density at radius 1 is 1.36 bits per heavy atom. The fourth-order valence-electron chi connectivity index (χ4n) is 3.45. The van der Waals surface area contributed by atoms with Crippen molar-refractivity contribution in [2.45, 2.75) is 31.8 Å². The number of carbonyl (C=O) groups excluding carboxylic acids is 1. The van der Waals surface area contributed by atoms with E-state index in [0.29, 0.717) is 32.3 Å². The summed E-state index contributed by atoms with van der Waals surface area (Å²) in [6.45, 7) is 6.35. The third kappa shape index (κ3) is 4.38. The van der Waals surface area contributed by atoms with E-state index in [1.807, 2.05) is 24.9 Å². The predicted molar refractivity (Wildman–Crippen MR) is 96.8 cm³/mol. The summed E-state index contributed by atoms with van der Waals surface area (Å²) in [5.74, 6) is 1.92. The highest BCUT2D eigenvalue weighted by Gasteiger charge is 2.28. The molecule has 0 aliphatic carbocycles. The predicted octanol–water partition coefficient (Wildman–Crippen LogP) is 0.324. The van der Waals surface area contributed by atoms with Gasteiger partial charge < -0.3 is 25.2 Å². The van der Waals surface area contributed by atoms with E-state index in [9.17, 15) is 4.79 Å². The highest BCUT2D eigenvalue weighted by Crippen LogP contribution is 2.24. The van der Waals surface area contributed by atoms with Gasteiger partial charge in [-0.15, -0.1) is 0 Å². The van der Waals surface area contributed by atoms with Crippen LogP contribution in [0.4, 0.5) is 11.6 Å². The Kier molecular flexibility index (Phi) is 6.04. The molecule has 2 fully saturated rings. The zero-order chi connectivity index (χ0) is 17.6. The van der Waals surface area contributed by atoms with Crippen LogP contribution in [0.25, 0.3) is 0 Å². The summed E-state index contributed by atoms with van der Waals surface area (Å²) in [6.07, 6.45) is 3.83. The molecule has 8 heteroatoms. The van der Waals surface area contributed by atoms with Crippen LogP contribution in [-0.4, -0.2) is 79.3 Å². The second-order valence-corrected chi connectivity index (χ2v) is 6.57. The maximum Gasteiger partial charge on any atom is 0.239 e. The molecule has 2 aliphatic rings. The summed E-state index contributed by atoms with van der Waals surface area (Å²) in [5, 5.41) is 6.47. The van der Waals surface area contributed by atoms with Crippen molar-refractivity contribution in [2.75, 3.05) is 56.7 Å². The van der Waals surface area contributed by atoms with Gasteiger partial charge in [-0.05, 0) is 19.8 Å². The van der Waals surface area contributed by atoms with E-state index < -0.39 is 0 Å². The molecule has 3 rings (SSSR count). The Morgan fingerprint density at radius 3 is 2.92 bits per heavy atom. The van der Waals surface area contributed by atoms with E-state index >= 15 is 0 Å². The molecule has 2 atom stereocenters. The van der Waals surface area contributed by atoms with Crippen molar-refractivity contribution in [2.24, 2.45) is 0 Å². The lowest BCUT2D eigenvalue weighted by Gasteiger charge is -2.31. The van der Waals surface area contributed by atoms with Crippen LogP contribution in [0, 0.1) is 0 Å². The molecule has 0 spiro atoms. The summed E-state index contributed by atoms with van der Waals surface area (Å²) < 4.78 is 5.31. The highest BCUT2D eigenvalue weighted by atomic mass is 16.5. The first kappa shape index (κ1) is 17.9. The molecule has 1 amide bonds. The number of hydrogen-bond acceptors (Lipinski definition) is 7. The Hall–Kier alpha value is -1.93. The Labute approximate surface area is 148 Å². The second kappa shape index (κ2) is 8.44. The van der Waals surface area contributed by atoms with Crippen molar-refractivity contribution in [3.63, 3.8) is 0 Å². The number of rotatable bonds is 6. The van der Waals surface area contributed by atoms with Gasteiger partial charge in [-0.3, -0.25) is 4.79 Å². The Bertz CT molecular complexity index is 578. The lowest BCUT2D eigenvalue weighted by atomic mass is 10.2. The van der Waals surface area contributed by atoms with E-state index in [4.69, 9.17) is 4.74 Å². The maximum absolute atomic E-state index is 12.5. The van der Waals surface area contributed by atoms with Gasteiger partial charge in [-0.1, -0.05) is 0 Å². The van der Waals surface area contributed by atoms with Gasteiger partial charge in [0.05, 0.1) is 19.3 Å². The molecular weight excluding hydrogens is 320 g/mol. The molecule has 0 saturated carbocycles. The van der Waals surface area contributed by atoms with Crippen LogP contribution < -0.4 is 15.5 Å². The molecule has 2 aliphatic heterocycles. The second-order valence-electron chi connectivity index (χ2n) is 6.57. The molecule has 2 saturated heterocycles. The number of morpholine rings is 1. The number of ether oxygens (including phenoxy) is 1. The van der Waals surface area contributed by atoms with Crippen LogP contribution in [0.3, 0.4) is 0 Å². The van der Waals surface area contributed by atoms with Gasteiger partial charge >= 0.3 is 0 Å². The molecule has 0 radical (unpaired) electrons. The minimum atomic E-state index is -0.182. The van der Waals surface area contributed by atoms with E-state index in [1.165, 1.54) is 0 Å². The largest absolute Gasteiger partial charge is 0.378 e. The lowest BCUT2D eigenvalue weighted by molar-refractivity contribution is -0.137. The van der Waals surface area contributed by atoms with Crippen molar-refractivity contribution in [3.8, 4) is 0 Å². The molecule has 0 unspecified atom stereocenters. The SMILES string of the molecule is CNc1cc(N2CCC[C@@H]2CN[C@@H](C)C(=O)N2CCOCC2)ncn1. The summed E-state index contributed by atoms with van der Waals surface area (Å²) in [4.78, 5) is 25.3. The molecule has 3 heterocycles. The van der Waals surface area contributed by atoms with E-state index in [0.717, 1.165) is 37.6 Å². The van der Waals surface area contributed by atoms with Crippen LogP contribution >= 0.6 is 0 Å². The third-order valence-electron chi connectivity index (χ3n) is 4.93. The van der Waals surface area contributed by atoms with Gasteiger partial charge in [-0.25, -0.2) is 9.97 Å². The summed E-state index contributed by atoms with van der Waals surface area (Å²) in [5.41, 5.74) is 0. The number of hydrogen-bond donors (Lipinski definition) is 2. The summed E-state index contributed by atoms with van der Waals surface area (Å²) >= 11 is 0. The van der Waals surface area contributed by atoms with Crippen molar-refractivity contribution in [3.05, 3.63) is 12.4 Å². The minimum absolute atomic E-state index is 0.160. The molecule has 8 nitrogen and oxygen atoms in total. The molecular formula is C17H28N6O2. The van der Waals surface area contributed by atoms with Gasteiger partial charge in [0.15, 0.2) is 0 Å². The average molecular weight is 348 g/mol. The topological polar surface area (TPSA) is 82.6 Å². The Morgan fingerprint density at radius 2 is 2.16 bits per heavy atom. The fourth-order valence-corrected chi connectivity index (χ4v) is 3.45. The Balaban J connectivity index is 1.55. The number of carbonyl (C=O) groups is 1. The molecule has 25 heavy (non-hydrogen) atoms. The first-order valence-electron chi connectivity index (χ1n) is 9.05. The van der Waals surface area contributed by atoms with Crippen LogP contribution in [0.5, 0.6) is 0 Å². The lowest BCUT2D eigenvalue weighted by Crippen LogP contribution is -2.51. The molecule has 0 bridgehead atoms. The van der Waals surface area contributed by atoms with Crippen molar-refractivity contribution in [1.29, 1.82) is 0 Å². The van der Waals surface area contributed by atoms with Crippen molar-refractivity contribution >= 4 is 17.5 Å². The van der Waals surface area contributed by atoms with Crippen LogP contribution in [0.2, 0.25) is 0 Å². The third-order valence-corrected chi connectivity index (χ3v) is 4.93. The first-order valence-corrected chi connectivity index (χ1v) is 9.05. The molecule has 1 aromatic rings. The monoisotopic (exact) mass is 348 g/mol. The zero-order valence-electron chi connectivity index (χ0n) is 15.1. The number of aromatic nitrogens is 2. The summed E-state index contributed by atoms with van der Waals surface area (Å²) in [7, 11) is 1.86. The van der Waals surface area contributed by atoms with Gasteiger partial charge in [0.25, 0.3) is 0 Å². The normalized spacial score (nSPS) is 22.1. The van der Waals surface area contributed by atoms with E-state index in [2.05, 4.69) is 25.5 Å². The van der Waals surface area contributed by atoms with Gasteiger partial charge in [0, 0.05) is 45.3 Å². The molecule has 1 aromatic heterocycles. The van der Waals surface area contributed by atoms with Gasteiger partial charge in [0.1, 0.15) is 18.0 Å². The first-order chi connectivity index (χ1) is 12.2. The standard InChI is InChI=1S/C17H28N6O2/c1-13(17(24)22-6-8-25-9-7-22)19-11-14-4-3-5-23(14)16-10-15(18-2)20-12-21-16/h10,12-14,19H,3-9,11H2,1-2H3,(H,18,20,21)/t13-,14+/m0/s1. The van der Waals surface area contributed by atoms with Crippen LogP contribution in [0.1, 0.15) is 19.8 Å². The molecule has 138 valence electrons. The molecule has 2 N–H and O–H groups in total.